The summed E-state index contributed by atoms with van der Waals surface area (Å²) in [5, 5.41) is 2.96. The molecule has 0 spiro atoms. The molecule has 0 aliphatic carbocycles. The standard InChI is InChI=1S/C68H65N3O7/c69-68(78)59(41-51-26-12-4-13-27-51)46-64(74)57(39-49-22-8-2-9-23-49)44-62(72)56(38-48-20-6-1-7-21-48)43-63(73)58(40-50-24-10-3-11-25-50)45-65(75)60(42-52-28-14-5-15-29-52)70-66(76)36-37-67(77)71-47-55-32-17-16-30-53(55)34-35-54-31-18-19-33-61(54)71/h1-33,56-60H,36-47H2,(H2,69,78)(H,70,76). The number of primary amides is 1. The van der Waals surface area contributed by atoms with Crippen LogP contribution in [0.5, 0.6) is 0 Å². The van der Waals surface area contributed by atoms with E-state index in [0.717, 1.165) is 38.9 Å². The van der Waals surface area contributed by atoms with E-state index < -0.39 is 41.5 Å². The smallest absolute Gasteiger partial charge is 0.227 e. The van der Waals surface area contributed by atoms with E-state index in [4.69, 9.17) is 5.73 Å². The summed E-state index contributed by atoms with van der Waals surface area (Å²) in [4.78, 5) is 102. The van der Waals surface area contributed by atoms with Crippen LogP contribution in [0.3, 0.4) is 0 Å². The van der Waals surface area contributed by atoms with E-state index in [2.05, 4.69) is 17.2 Å². The van der Waals surface area contributed by atoms with E-state index in [1.807, 2.05) is 200 Å². The molecule has 10 heteroatoms. The number of nitrogens with zero attached hydrogens (tertiary/aromatic N) is 1. The number of carbonyl (C=O) groups excluding carboxylic acids is 7. The molecule has 394 valence electrons. The Morgan fingerprint density at radius 2 is 0.769 bits per heavy atom. The lowest BCUT2D eigenvalue weighted by Gasteiger charge is -2.26. The number of para-hydroxylation sites is 1. The summed E-state index contributed by atoms with van der Waals surface area (Å²) >= 11 is 0. The van der Waals surface area contributed by atoms with Crippen molar-refractivity contribution in [3.8, 4) is 11.8 Å². The quantitative estimate of drug-likeness (QED) is 0.0485. The van der Waals surface area contributed by atoms with Crippen molar-refractivity contribution in [3.63, 3.8) is 0 Å². The molecule has 0 fully saturated rings. The molecule has 5 atom stereocenters. The van der Waals surface area contributed by atoms with Crippen LogP contribution < -0.4 is 16.0 Å². The molecule has 0 radical (unpaired) electrons. The summed E-state index contributed by atoms with van der Waals surface area (Å²) in [6.45, 7) is 0.269. The molecule has 1 aliphatic rings. The number of anilines is 1. The minimum Gasteiger partial charge on any atom is -0.369 e. The van der Waals surface area contributed by atoms with Crippen molar-refractivity contribution in [1.29, 1.82) is 0 Å². The third kappa shape index (κ3) is 16.1. The van der Waals surface area contributed by atoms with Gasteiger partial charge in [0.05, 0.1) is 18.3 Å². The molecular weight excluding hydrogens is 971 g/mol. The highest BCUT2D eigenvalue weighted by Gasteiger charge is 2.34. The molecule has 3 N–H and O–H groups in total. The molecule has 0 aromatic heterocycles. The van der Waals surface area contributed by atoms with Gasteiger partial charge in [0.1, 0.15) is 17.3 Å². The number of hydrogen-bond acceptors (Lipinski definition) is 7. The summed E-state index contributed by atoms with van der Waals surface area (Å²) in [7, 11) is 0. The number of benzene rings is 7. The summed E-state index contributed by atoms with van der Waals surface area (Å²) in [5.41, 5.74) is 13.1. The van der Waals surface area contributed by atoms with Crippen molar-refractivity contribution in [2.24, 2.45) is 29.4 Å². The van der Waals surface area contributed by atoms with Crippen molar-refractivity contribution in [2.45, 2.75) is 83.2 Å². The highest BCUT2D eigenvalue weighted by Crippen LogP contribution is 2.29. The normalized spacial score (nSPS) is 13.5. The third-order valence-electron chi connectivity index (χ3n) is 14.6. The van der Waals surface area contributed by atoms with E-state index in [0.29, 0.717) is 11.3 Å². The zero-order valence-corrected chi connectivity index (χ0v) is 43.8. The van der Waals surface area contributed by atoms with Crippen molar-refractivity contribution < 1.29 is 33.6 Å². The SMILES string of the molecule is NC(=O)C(CC(=O)C(CC(=O)C(CC(=O)C(CC(=O)C(Cc1ccccc1)NC(=O)CCC(=O)N1Cc2ccccc2C#Cc2ccccc21)Cc1ccccc1)Cc1ccccc1)Cc1ccccc1)Cc1ccccc1. The highest BCUT2D eigenvalue weighted by molar-refractivity contribution is 5.99. The Hall–Kier alpha value is -8.81. The van der Waals surface area contributed by atoms with Crippen LogP contribution in [0.1, 0.15) is 83.0 Å². The number of nitrogens with two attached hydrogens (primary N) is 1. The molecule has 7 aromatic carbocycles. The Kier molecular flexibility index (Phi) is 19.8. The van der Waals surface area contributed by atoms with Crippen LogP contribution in [0.15, 0.2) is 200 Å². The minimum absolute atomic E-state index is 0.134. The maximum atomic E-state index is 15.1. The average Bonchev–Trinajstić information content (AvgIpc) is 3.52. The highest BCUT2D eigenvalue weighted by atomic mass is 16.2. The molecule has 0 bridgehead atoms. The number of rotatable bonds is 27. The Labute approximate surface area is 457 Å². The molecule has 0 saturated heterocycles. The zero-order chi connectivity index (χ0) is 54.6. The topological polar surface area (TPSA) is 161 Å². The number of fused-ring (bicyclic) bond motifs is 2. The van der Waals surface area contributed by atoms with Crippen LogP contribution in [-0.2, 0) is 72.2 Å². The number of amides is 3. The maximum Gasteiger partial charge on any atom is 0.227 e. The maximum absolute atomic E-state index is 15.1. The molecular formula is C68H65N3O7. The minimum atomic E-state index is -1.04. The molecule has 10 nitrogen and oxygen atoms in total. The van der Waals surface area contributed by atoms with Gasteiger partial charge in [-0.2, -0.15) is 0 Å². The predicted molar refractivity (Wildman–Crippen MR) is 304 cm³/mol. The van der Waals surface area contributed by atoms with Gasteiger partial charge in [0.15, 0.2) is 5.78 Å². The number of hydrogen-bond donors (Lipinski definition) is 2. The van der Waals surface area contributed by atoms with Gasteiger partial charge in [0, 0.05) is 73.3 Å². The van der Waals surface area contributed by atoms with Crippen LogP contribution in [0, 0.1) is 35.5 Å². The fraction of sp³-hybridized carbons (Fsp3) is 0.250. The molecule has 8 rings (SSSR count). The Balaban J connectivity index is 1.02. The second-order valence-corrected chi connectivity index (χ2v) is 20.3. The second kappa shape index (κ2) is 27.8. The van der Waals surface area contributed by atoms with Crippen LogP contribution in [-0.4, -0.2) is 46.9 Å². The Bertz CT molecular complexity index is 3240. The number of Topliss-reactive ketones (excluding diaryl/α,β-unsaturated/α-hetero) is 4. The van der Waals surface area contributed by atoms with E-state index in [1.165, 1.54) is 0 Å². The van der Waals surface area contributed by atoms with Gasteiger partial charge in [-0.15, -0.1) is 0 Å². The van der Waals surface area contributed by atoms with Crippen molar-refractivity contribution in [1.82, 2.24) is 5.32 Å². The lowest BCUT2D eigenvalue weighted by Crippen LogP contribution is -2.44. The monoisotopic (exact) mass is 1040 g/mol. The number of carbonyl (C=O) groups is 7. The molecule has 78 heavy (non-hydrogen) atoms. The van der Waals surface area contributed by atoms with E-state index in [9.17, 15) is 28.8 Å². The van der Waals surface area contributed by atoms with E-state index in [1.54, 1.807) is 4.90 Å². The summed E-state index contributed by atoms with van der Waals surface area (Å²) in [6.07, 6.45) is 0.0220. The summed E-state index contributed by atoms with van der Waals surface area (Å²) in [6, 6.07) is 60.9. The Morgan fingerprint density at radius 1 is 0.410 bits per heavy atom. The predicted octanol–water partition coefficient (Wildman–Crippen LogP) is 10.2. The van der Waals surface area contributed by atoms with Crippen molar-refractivity contribution in [2.75, 3.05) is 4.90 Å². The van der Waals surface area contributed by atoms with Gasteiger partial charge < -0.3 is 16.0 Å². The van der Waals surface area contributed by atoms with Gasteiger partial charge >= 0.3 is 0 Å². The van der Waals surface area contributed by atoms with Crippen molar-refractivity contribution >= 4 is 46.5 Å². The zero-order valence-electron chi connectivity index (χ0n) is 43.8. The average molecular weight is 1040 g/mol. The van der Waals surface area contributed by atoms with E-state index in [-0.39, 0.29) is 106 Å². The lowest BCUT2D eigenvalue weighted by molar-refractivity contribution is -0.134. The van der Waals surface area contributed by atoms with Crippen LogP contribution in [0.25, 0.3) is 0 Å². The van der Waals surface area contributed by atoms with Crippen molar-refractivity contribution in [3.05, 3.63) is 245 Å². The summed E-state index contributed by atoms with van der Waals surface area (Å²) in [5.74, 6) is 0.564. The summed E-state index contributed by atoms with van der Waals surface area (Å²) < 4.78 is 0. The van der Waals surface area contributed by atoms with Gasteiger partial charge in [0.2, 0.25) is 17.7 Å². The van der Waals surface area contributed by atoms with Gasteiger partial charge in [-0.05, 0) is 83.7 Å². The lowest BCUT2D eigenvalue weighted by atomic mass is 9.78. The first-order valence-electron chi connectivity index (χ1n) is 26.8. The van der Waals surface area contributed by atoms with E-state index >= 15 is 4.79 Å². The van der Waals surface area contributed by atoms with Gasteiger partial charge in [0.25, 0.3) is 0 Å². The molecule has 1 heterocycles. The molecule has 3 amide bonds. The van der Waals surface area contributed by atoms with Crippen LogP contribution in [0.2, 0.25) is 0 Å². The number of nitrogens with one attached hydrogen (secondary N) is 1. The molecule has 0 saturated carbocycles. The fourth-order valence-corrected chi connectivity index (χ4v) is 10.3. The van der Waals surface area contributed by atoms with Gasteiger partial charge in [-0.3, -0.25) is 33.6 Å². The first-order valence-corrected chi connectivity index (χ1v) is 26.8. The van der Waals surface area contributed by atoms with Gasteiger partial charge in [-0.25, -0.2) is 0 Å². The van der Waals surface area contributed by atoms with Gasteiger partial charge in [-0.1, -0.05) is 194 Å². The number of ketones is 4. The molecule has 7 aromatic rings. The molecule has 5 unspecified atom stereocenters. The first kappa shape index (κ1) is 55.4. The third-order valence-corrected chi connectivity index (χ3v) is 14.6. The largest absolute Gasteiger partial charge is 0.369 e. The molecule has 1 aliphatic heterocycles. The fourth-order valence-electron chi connectivity index (χ4n) is 10.3. The van der Waals surface area contributed by atoms with Crippen LogP contribution in [0.4, 0.5) is 5.69 Å². The van der Waals surface area contributed by atoms with Crippen LogP contribution >= 0.6 is 0 Å². The Morgan fingerprint density at radius 3 is 1.23 bits per heavy atom. The first-order chi connectivity index (χ1) is 37.9. The second-order valence-electron chi connectivity index (χ2n) is 20.3.